The zero-order valence-electron chi connectivity index (χ0n) is 19.5. The topological polar surface area (TPSA) is 80.3 Å². The molecule has 0 aliphatic heterocycles. The molecule has 0 unspecified atom stereocenters. The van der Waals surface area contributed by atoms with Crippen molar-refractivity contribution < 1.29 is 19.8 Å². The molecule has 0 radical (unpaired) electrons. The Hall–Kier alpha value is -0.261. The van der Waals surface area contributed by atoms with Crippen molar-refractivity contribution in [3.63, 3.8) is 0 Å². The number of hydrogen-bond donors (Lipinski definition) is 0. The van der Waals surface area contributed by atoms with Gasteiger partial charge in [0.2, 0.25) is 0 Å². The molecule has 0 aliphatic carbocycles. The summed E-state index contributed by atoms with van der Waals surface area (Å²) in [6, 6.07) is 0. The van der Waals surface area contributed by atoms with Gasteiger partial charge in [0.25, 0.3) is 0 Å². The SMILES string of the molecule is CCCCCCCCCCCC(=O)[O-].CCCCCCCCCCCC(=O)[O-].[SnH2+2]. The Balaban J connectivity index is -0.000000451. The molecule has 29 heavy (non-hydrogen) atoms. The van der Waals surface area contributed by atoms with Crippen LogP contribution in [0.15, 0.2) is 0 Å². The number of rotatable bonds is 20. The quantitative estimate of drug-likeness (QED) is 0.177. The van der Waals surface area contributed by atoms with Crippen molar-refractivity contribution in [3.8, 4) is 0 Å². The zero-order valence-corrected chi connectivity index (χ0v) is 23.5. The van der Waals surface area contributed by atoms with E-state index in [0.29, 0.717) is 0 Å². The Bertz CT molecular complexity index is 303. The third kappa shape index (κ3) is 38.9. The number of unbranched alkanes of at least 4 members (excludes halogenated alkanes) is 16. The number of aliphatic carboxylic acids is 2. The van der Waals surface area contributed by atoms with E-state index in [-0.39, 0.29) is 36.7 Å². The van der Waals surface area contributed by atoms with Crippen LogP contribution in [0.5, 0.6) is 0 Å². The summed E-state index contributed by atoms with van der Waals surface area (Å²) in [7, 11) is 0. The third-order valence-corrected chi connectivity index (χ3v) is 4.97. The number of carboxylic acid groups (broad SMARTS) is 2. The van der Waals surface area contributed by atoms with E-state index < -0.39 is 11.9 Å². The number of carbonyl (C=O) groups excluding carboxylic acids is 2. The first-order valence-electron chi connectivity index (χ1n) is 11.9. The van der Waals surface area contributed by atoms with E-state index in [1.54, 1.807) is 0 Å². The molecule has 0 aliphatic rings. The molecule has 0 rings (SSSR count). The van der Waals surface area contributed by atoms with Crippen LogP contribution in [-0.2, 0) is 9.59 Å². The van der Waals surface area contributed by atoms with Gasteiger partial charge in [-0.15, -0.1) is 0 Å². The maximum atomic E-state index is 10.1. The summed E-state index contributed by atoms with van der Waals surface area (Å²) in [6.07, 6.45) is 22.3. The predicted octanol–water partition coefficient (Wildman–Crippen LogP) is 4.40. The fourth-order valence-electron chi connectivity index (χ4n) is 3.16. The minimum absolute atomic E-state index is 0. The van der Waals surface area contributed by atoms with Gasteiger partial charge in [-0.3, -0.25) is 0 Å². The first-order chi connectivity index (χ1) is 13.5. The summed E-state index contributed by atoms with van der Waals surface area (Å²) in [6.45, 7) is 4.44. The average Bonchev–Trinajstić information content (AvgIpc) is 2.65. The molecular weight excluding hydrogens is 471 g/mol. The molecule has 0 bridgehead atoms. The summed E-state index contributed by atoms with van der Waals surface area (Å²) in [5.74, 6) is -1.82. The van der Waals surface area contributed by atoms with Gasteiger partial charge >= 0.3 is 23.9 Å². The van der Waals surface area contributed by atoms with Crippen molar-refractivity contribution in [2.45, 2.75) is 142 Å². The summed E-state index contributed by atoms with van der Waals surface area (Å²) < 4.78 is 0. The Labute approximate surface area is 197 Å². The fraction of sp³-hybridized carbons (Fsp3) is 0.917. The Morgan fingerprint density at radius 1 is 0.448 bits per heavy atom. The summed E-state index contributed by atoms with van der Waals surface area (Å²) in [5.41, 5.74) is 0. The van der Waals surface area contributed by atoms with Crippen LogP contribution in [0.25, 0.3) is 0 Å². The molecule has 0 fully saturated rings. The molecule has 5 heteroatoms. The van der Waals surface area contributed by atoms with Crippen LogP contribution in [0.3, 0.4) is 0 Å². The second-order valence-corrected chi connectivity index (χ2v) is 7.90. The van der Waals surface area contributed by atoms with Crippen molar-refractivity contribution in [2.24, 2.45) is 0 Å². The summed E-state index contributed by atoms with van der Waals surface area (Å²) >= 11 is 0. The second-order valence-electron chi connectivity index (χ2n) is 7.90. The van der Waals surface area contributed by atoms with Gasteiger partial charge in [-0.05, 0) is 25.7 Å². The fourth-order valence-corrected chi connectivity index (χ4v) is 3.16. The van der Waals surface area contributed by atoms with E-state index in [0.717, 1.165) is 25.7 Å². The van der Waals surface area contributed by atoms with Gasteiger partial charge in [0.15, 0.2) is 0 Å². The van der Waals surface area contributed by atoms with E-state index in [9.17, 15) is 19.8 Å². The van der Waals surface area contributed by atoms with Crippen molar-refractivity contribution in [2.75, 3.05) is 0 Å². The standard InChI is InChI=1S/2C12H24O2.Sn.2H/c2*1-2-3-4-5-6-7-8-9-10-11-12(13)14;;;/h2*2-11H2,1H3,(H,13,14);;;/q;;+2;;/p-2. The molecule has 4 nitrogen and oxygen atoms in total. The zero-order chi connectivity index (χ0) is 21.3. The van der Waals surface area contributed by atoms with Gasteiger partial charge in [0.1, 0.15) is 0 Å². The van der Waals surface area contributed by atoms with Gasteiger partial charge in [-0.25, -0.2) is 0 Å². The maximum absolute atomic E-state index is 10.1. The molecule has 0 aromatic carbocycles. The molecule has 0 spiro atoms. The van der Waals surface area contributed by atoms with Crippen LogP contribution in [0.2, 0.25) is 0 Å². The van der Waals surface area contributed by atoms with Crippen molar-refractivity contribution in [1.29, 1.82) is 0 Å². The van der Waals surface area contributed by atoms with Gasteiger partial charge in [0, 0.05) is 11.9 Å². The number of hydrogen-bond acceptors (Lipinski definition) is 4. The average molecular weight is 519 g/mol. The van der Waals surface area contributed by atoms with E-state index >= 15 is 0 Å². The van der Waals surface area contributed by atoms with Crippen LogP contribution < -0.4 is 10.2 Å². The molecule has 172 valence electrons. The van der Waals surface area contributed by atoms with Gasteiger partial charge < -0.3 is 19.8 Å². The van der Waals surface area contributed by atoms with Gasteiger partial charge in [0.05, 0.1) is 0 Å². The van der Waals surface area contributed by atoms with Gasteiger partial charge in [-0.2, -0.15) is 0 Å². The normalized spacial score (nSPS) is 10.0. The monoisotopic (exact) mass is 520 g/mol. The van der Waals surface area contributed by atoms with Crippen LogP contribution in [0.1, 0.15) is 142 Å². The summed E-state index contributed by atoms with van der Waals surface area (Å²) in [5, 5.41) is 20.2. The molecule has 0 atom stereocenters. The molecule has 0 amide bonds. The Kier molecular flexibility index (Phi) is 34.5. The predicted molar refractivity (Wildman–Crippen MR) is 122 cm³/mol. The van der Waals surface area contributed by atoms with E-state index in [1.807, 2.05) is 0 Å². The first kappa shape index (κ1) is 33.4. The van der Waals surface area contributed by atoms with E-state index in [2.05, 4.69) is 13.8 Å². The molecule has 0 saturated carbocycles. The van der Waals surface area contributed by atoms with Crippen molar-refractivity contribution in [3.05, 3.63) is 0 Å². The van der Waals surface area contributed by atoms with Crippen molar-refractivity contribution in [1.82, 2.24) is 0 Å². The van der Waals surface area contributed by atoms with Crippen LogP contribution in [0, 0.1) is 0 Å². The van der Waals surface area contributed by atoms with Crippen LogP contribution in [-0.4, -0.2) is 35.8 Å². The molecule has 0 saturated heterocycles. The molecule has 0 aromatic rings. The minimum atomic E-state index is -0.909. The van der Waals surface area contributed by atoms with E-state index in [4.69, 9.17) is 0 Å². The number of carboxylic acids is 2. The van der Waals surface area contributed by atoms with Crippen LogP contribution >= 0.6 is 0 Å². The molecule has 0 heterocycles. The summed E-state index contributed by atoms with van der Waals surface area (Å²) in [4.78, 5) is 20.2. The van der Waals surface area contributed by atoms with Gasteiger partial charge in [-0.1, -0.05) is 117 Å². The Morgan fingerprint density at radius 3 is 0.862 bits per heavy atom. The second kappa shape index (κ2) is 29.9. The molecule has 0 aromatic heterocycles. The molecule has 0 N–H and O–H groups in total. The first-order valence-corrected chi connectivity index (χ1v) is 11.9. The van der Waals surface area contributed by atoms with Crippen LogP contribution in [0.4, 0.5) is 0 Å². The molecular formula is C24H48O4Sn. The van der Waals surface area contributed by atoms with E-state index in [1.165, 1.54) is 89.9 Å². The number of carbonyl (C=O) groups is 2. The van der Waals surface area contributed by atoms with Crippen molar-refractivity contribution >= 4 is 35.8 Å². The Morgan fingerprint density at radius 2 is 0.655 bits per heavy atom. The third-order valence-electron chi connectivity index (χ3n) is 4.97.